The normalized spacial score (nSPS) is 18.0. The number of fused-ring (bicyclic) bond motifs is 1. The van der Waals surface area contributed by atoms with E-state index >= 15 is 0 Å². The van der Waals surface area contributed by atoms with Gasteiger partial charge < -0.3 is 14.8 Å². The molecule has 0 spiro atoms. The Labute approximate surface area is 194 Å². The molecule has 2 amide bonds. The van der Waals surface area contributed by atoms with Gasteiger partial charge in [0, 0.05) is 41.2 Å². The van der Waals surface area contributed by atoms with Crippen molar-refractivity contribution in [2.45, 2.75) is 38.6 Å². The zero-order chi connectivity index (χ0) is 23.7. The summed E-state index contributed by atoms with van der Waals surface area (Å²) in [6, 6.07) is 11.4. The van der Waals surface area contributed by atoms with Crippen LogP contribution in [0.25, 0.3) is 10.9 Å². The number of carbonyl (C=O) groups excluding carboxylic acids is 3. The van der Waals surface area contributed by atoms with E-state index in [9.17, 15) is 23.2 Å². The standard InChI is InChI=1S/C24H21ClF2N3O3/c1-14(31)18-12-29(20-8-3-2-6-17(18)20)13-22(32)30-11-16(26)9-21(30)24(33)28-10-15-5-4-7-19(25)23(15)27/h3-8,12,16,21H,9-11,13H2,1H3,(H,28,33). The topological polar surface area (TPSA) is 71.4 Å². The van der Waals surface area contributed by atoms with Gasteiger partial charge in [0.2, 0.25) is 11.8 Å². The molecule has 4 rings (SSSR count). The molecular formula is C24H21ClF2N3O3. The highest BCUT2D eigenvalue weighted by atomic mass is 35.5. The Hall–Kier alpha value is -3.26. The summed E-state index contributed by atoms with van der Waals surface area (Å²) in [7, 11) is 0. The van der Waals surface area contributed by atoms with E-state index in [0.29, 0.717) is 16.5 Å². The van der Waals surface area contributed by atoms with Crippen molar-refractivity contribution in [2.75, 3.05) is 6.54 Å². The Bertz CT molecular complexity index is 1240. The quantitative estimate of drug-likeness (QED) is 0.556. The first kappa shape index (κ1) is 22.9. The highest BCUT2D eigenvalue weighted by Gasteiger charge is 2.39. The number of nitrogens with zero attached hydrogens (tertiary/aromatic N) is 2. The third kappa shape index (κ3) is 4.61. The lowest BCUT2D eigenvalue weighted by Crippen LogP contribution is -2.46. The van der Waals surface area contributed by atoms with Crippen molar-refractivity contribution in [3.8, 4) is 0 Å². The van der Waals surface area contributed by atoms with Crippen LogP contribution in [-0.4, -0.2) is 45.8 Å². The third-order valence-electron chi connectivity index (χ3n) is 5.77. The van der Waals surface area contributed by atoms with E-state index in [0.717, 1.165) is 0 Å². The van der Waals surface area contributed by atoms with Gasteiger partial charge in [-0.2, -0.15) is 0 Å². The Morgan fingerprint density at radius 1 is 1.27 bits per heavy atom. The van der Waals surface area contributed by atoms with E-state index in [4.69, 9.17) is 11.6 Å². The van der Waals surface area contributed by atoms with Crippen LogP contribution in [0.5, 0.6) is 0 Å². The molecule has 1 radical (unpaired) electrons. The largest absolute Gasteiger partial charge is 0.350 e. The van der Waals surface area contributed by atoms with Gasteiger partial charge in [-0.15, -0.1) is 0 Å². The maximum Gasteiger partial charge on any atom is 0.243 e. The number of hydrogen-bond donors (Lipinski definition) is 1. The van der Waals surface area contributed by atoms with Crippen molar-refractivity contribution in [1.29, 1.82) is 0 Å². The minimum absolute atomic E-state index is 0.0651. The fourth-order valence-corrected chi connectivity index (χ4v) is 4.32. The van der Waals surface area contributed by atoms with E-state index in [2.05, 4.69) is 11.4 Å². The minimum atomic E-state index is -1.35. The van der Waals surface area contributed by atoms with Crippen LogP contribution < -0.4 is 5.32 Å². The minimum Gasteiger partial charge on any atom is -0.350 e. The van der Waals surface area contributed by atoms with Gasteiger partial charge in [0.05, 0.1) is 11.6 Å². The fourth-order valence-electron chi connectivity index (χ4n) is 4.13. The maximum absolute atomic E-state index is 14.2. The average molecular weight is 473 g/mol. The fraction of sp³-hybridized carbons (Fsp3) is 0.292. The zero-order valence-electron chi connectivity index (χ0n) is 17.8. The second kappa shape index (κ2) is 9.31. The van der Waals surface area contributed by atoms with Gasteiger partial charge in [0.1, 0.15) is 24.6 Å². The molecular weight excluding hydrogens is 452 g/mol. The molecule has 9 heteroatoms. The van der Waals surface area contributed by atoms with Gasteiger partial charge in [-0.3, -0.25) is 14.4 Å². The molecule has 2 unspecified atom stereocenters. The first-order valence-corrected chi connectivity index (χ1v) is 10.8. The van der Waals surface area contributed by atoms with E-state index in [1.165, 1.54) is 24.0 Å². The van der Waals surface area contributed by atoms with E-state index in [1.54, 1.807) is 35.0 Å². The summed E-state index contributed by atoms with van der Waals surface area (Å²) in [5, 5.41) is 3.18. The van der Waals surface area contributed by atoms with Gasteiger partial charge in [0.25, 0.3) is 0 Å². The summed E-state index contributed by atoms with van der Waals surface area (Å²) in [6.07, 6.45) is 0.0883. The van der Waals surface area contributed by atoms with Crippen LogP contribution in [0.4, 0.5) is 8.78 Å². The van der Waals surface area contributed by atoms with Crippen LogP contribution in [-0.2, 0) is 22.7 Å². The van der Waals surface area contributed by atoms with Crippen LogP contribution >= 0.6 is 11.6 Å². The molecule has 1 saturated heterocycles. The van der Waals surface area contributed by atoms with Crippen molar-refractivity contribution in [2.24, 2.45) is 0 Å². The van der Waals surface area contributed by atoms with Crippen LogP contribution in [0, 0.1) is 11.9 Å². The number of halogens is 3. The number of aromatic nitrogens is 1. The van der Waals surface area contributed by atoms with Crippen molar-refractivity contribution < 1.29 is 23.2 Å². The lowest BCUT2D eigenvalue weighted by atomic mass is 10.1. The molecule has 6 nitrogen and oxygen atoms in total. The van der Waals surface area contributed by atoms with Crippen molar-refractivity contribution in [1.82, 2.24) is 14.8 Å². The van der Waals surface area contributed by atoms with Crippen molar-refractivity contribution in [3.05, 3.63) is 70.6 Å². The summed E-state index contributed by atoms with van der Waals surface area (Å²) in [4.78, 5) is 39.0. The summed E-state index contributed by atoms with van der Waals surface area (Å²) in [6.45, 7) is 0.925. The third-order valence-corrected chi connectivity index (χ3v) is 6.06. The summed E-state index contributed by atoms with van der Waals surface area (Å²) in [5.74, 6) is -1.81. The number of benzene rings is 2. The second-order valence-electron chi connectivity index (χ2n) is 8.00. The molecule has 0 bridgehead atoms. The number of rotatable bonds is 6. The highest BCUT2D eigenvalue weighted by molar-refractivity contribution is 6.30. The van der Waals surface area contributed by atoms with Crippen LogP contribution in [0.1, 0.15) is 29.3 Å². The van der Waals surface area contributed by atoms with Crippen molar-refractivity contribution >= 4 is 40.1 Å². The summed E-state index contributed by atoms with van der Waals surface area (Å²) >= 11 is 5.76. The first-order valence-electron chi connectivity index (χ1n) is 10.4. The number of amides is 2. The Morgan fingerprint density at radius 2 is 2.06 bits per heavy atom. The molecule has 1 aliphatic heterocycles. The molecule has 3 aromatic rings. The Balaban J connectivity index is 1.50. The number of ketones is 1. The smallest absolute Gasteiger partial charge is 0.243 e. The van der Waals surface area contributed by atoms with Crippen LogP contribution in [0.2, 0.25) is 5.02 Å². The highest BCUT2D eigenvalue weighted by Crippen LogP contribution is 2.25. The van der Waals surface area contributed by atoms with Gasteiger partial charge in [0.15, 0.2) is 5.78 Å². The van der Waals surface area contributed by atoms with Crippen molar-refractivity contribution in [3.63, 3.8) is 0 Å². The molecule has 1 aromatic heterocycles. The van der Waals surface area contributed by atoms with Crippen LogP contribution in [0.3, 0.4) is 0 Å². The number of carbonyl (C=O) groups is 3. The number of hydrogen-bond acceptors (Lipinski definition) is 3. The Kier molecular flexibility index (Phi) is 6.47. The molecule has 2 atom stereocenters. The monoisotopic (exact) mass is 472 g/mol. The number of nitrogens with one attached hydrogen (secondary N) is 1. The SMILES string of the molecule is CC(=O)c1cn(CC(=O)N2CC(F)CC2C(=O)NCc2cccc(Cl)c2F)c2cc[c]cc12. The predicted octanol–water partition coefficient (Wildman–Crippen LogP) is 3.69. The molecule has 1 fully saturated rings. The average Bonchev–Trinajstić information content (AvgIpc) is 3.36. The number of alkyl halides is 1. The molecule has 0 saturated carbocycles. The zero-order valence-corrected chi connectivity index (χ0v) is 18.5. The summed E-state index contributed by atoms with van der Waals surface area (Å²) < 4.78 is 29.9. The van der Waals surface area contributed by atoms with Gasteiger partial charge in [-0.25, -0.2) is 8.78 Å². The first-order chi connectivity index (χ1) is 15.8. The van der Waals surface area contributed by atoms with E-state index in [1.807, 2.05) is 0 Å². The van der Waals surface area contributed by atoms with Gasteiger partial charge >= 0.3 is 0 Å². The van der Waals surface area contributed by atoms with Crippen LogP contribution in [0.15, 0.2) is 42.6 Å². The lowest BCUT2D eigenvalue weighted by Gasteiger charge is -2.24. The second-order valence-corrected chi connectivity index (χ2v) is 8.40. The molecule has 2 heterocycles. The number of likely N-dealkylation sites (tertiary alicyclic amines) is 1. The summed E-state index contributed by atoms with van der Waals surface area (Å²) in [5.41, 5.74) is 1.31. The van der Waals surface area contributed by atoms with Gasteiger partial charge in [-0.1, -0.05) is 29.8 Å². The molecule has 1 aliphatic rings. The number of Topliss-reactive ketones (excluding diaryl/α,β-unsaturated/α-hetero) is 1. The van der Waals surface area contributed by atoms with E-state index in [-0.39, 0.29) is 42.4 Å². The predicted molar refractivity (Wildman–Crippen MR) is 119 cm³/mol. The maximum atomic E-state index is 14.2. The molecule has 0 aliphatic carbocycles. The van der Waals surface area contributed by atoms with Gasteiger partial charge in [-0.05, 0) is 31.2 Å². The van der Waals surface area contributed by atoms with E-state index < -0.39 is 29.8 Å². The Morgan fingerprint density at radius 3 is 2.82 bits per heavy atom. The molecule has 33 heavy (non-hydrogen) atoms. The molecule has 1 N–H and O–H groups in total. The molecule has 171 valence electrons. The molecule has 2 aromatic carbocycles. The lowest BCUT2D eigenvalue weighted by molar-refractivity contribution is -0.139.